The van der Waals surface area contributed by atoms with Crippen molar-refractivity contribution in [3.63, 3.8) is 0 Å². The van der Waals surface area contributed by atoms with Crippen LogP contribution in [0.5, 0.6) is 5.75 Å². The lowest BCUT2D eigenvalue weighted by Crippen LogP contribution is -2.63. The van der Waals surface area contributed by atoms with Crippen molar-refractivity contribution in [2.24, 2.45) is 0 Å². The van der Waals surface area contributed by atoms with Gasteiger partial charge in [0.15, 0.2) is 6.10 Å². The van der Waals surface area contributed by atoms with Crippen LogP contribution in [0.3, 0.4) is 0 Å². The van der Waals surface area contributed by atoms with Crippen molar-refractivity contribution in [2.45, 2.75) is 62.1 Å². The number of nitriles is 1. The van der Waals surface area contributed by atoms with E-state index >= 15 is 0 Å². The maximum Gasteiger partial charge on any atom is 0.206 e. The Hall–Kier alpha value is -1.91. The third-order valence-electron chi connectivity index (χ3n) is 7.16. The molecular formula is C23H28N2O4. The molecule has 4 aliphatic rings. The van der Waals surface area contributed by atoms with Crippen molar-refractivity contribution in [3.05, 3.63) is 41.5 Å². The molecule has 3 atom stereocenters. The van der Waals surface area contributed by atoms with Gasteiger partial charge in [0.25, 0.3) is 0 Å². The number of hydrogen-bond acceptors (Lipinski definition) is 6. The predicted molar refractivity (Wildman–Crippen MR) is 107 cm³/mol. The number of benzene rings is 1. The predicted octanol–water partition coefficient (Wildman–Crippen LogP) is 2.32. The van der Waals surface area contributed by atoms with Crippen LogP contribution < -0.4 is 4.74 Å². The molecule has 3 aliphatic heterocycles. The number of fused-ring (bicyclic) bond motifs is 5. The fourth-order valence-electron chi connectivity index (χ4n) is 5.73. The molecule has 1 saturated carbocycles. The highest BCUT2D eigenvalue weighted by molar-refractivity contribution is 5.53. The fourth-order valence-corrected chi connectivity index (χ4v) is 5.73. The van der Waals surface area contributed by atoms with Crippen LogP contribution in [0.2, 0.25) is 0 Å². The highest BCUT2D eigenvalue weighted by Gasteiger charge is 2.58. The summed E-state index contributed by atoms with van der Waals surface area (Å²) in [5.41, 5.74) is 1.91. The third kappa shape index (κ3) is 3.00. The lowest BCUT2D eigenvalue weighted by molar-refractivity contribution is -0.258. The molecular weight excluding hydrogens is 368 g/mol. The average molecular weight is 396 g/mol. The summed E-state index contributed by atoms with van der Waals surface area (Å²) in [6.07, 6.45) is 5.61. The molecule has 1 spiro atoms. The van der Waals surface area contributed by atoms with E-state index < -0.39 is 17.5 Å². The maximum atomic E-state index is 11.9. The van der Waals surface area contributed by atoms with Gasteiger partial charge in [-0.2, -0.15) is 5.26 Å². The van der Waals surface area contributed by atoms with Crippen molar-refractivity contribution in [1.82, 2.24) is 4.90 Å². The second-order valence-electron chi connectivity index (χ2n) is 8.72. The number of nitrogens with zero attached hydrogens (tertiary/aromatic N) is 2. The summed E-state index contributed by atoms with van der Waals surface area (Å²) in [7, 11) is 0. The minimum absolute atomic E-state index is 0.0386. The average Bonchev–Trinajstić information content (AvgIpc) is 3.17. The van der Waals surface area contributed by atoms with E-state index in [2.05, 4.69) is 17.5 Å². The topological polar surface area (TPSA) is 75.0 Å². The van der Waals surface area contributed by atoms with E-state index in [0.717, 1.165) is 37.9 Å². The molecule has 29 heavy (non-hydrogen) atoms. The van der Waals surface area contributed by atoms with Crippen molar-refractivity contribution in [3.8, 4) is 11.8 Å². The Bertz CT molecular complexity index is 857. The largest absolute Gasteiger partial charge is 0.483 e. The normalized spacial score (nSPS) is 33.0. The van der Waals surface area contributed by atoms with Crippen LogP contribution in [-0.4, -0.2) is 59.8 Å². The monoisotopic (exact) mass is 396 g/mol. The molecule has 3 unspecified atom stereocenters. The Balaban J connectivity index is 1.68. The summed E-state index contributed by atoms with van der Waals surface area (Å²) in [4.78, 5) is 2.37. The summed E-state index contributed by atoms with van der Waals surface area (Å²) in [6.45, 7) is 6.63. The second-order valence-corrected chi connectivity index (χ2v) is 8.72. The molecule has 1 aliphatic carbocycles. The summed E-state index contributed by atoms with van der Waals surface area (Å²) in [5, 5.41) is 21.7. The number of hydrogen-bond donors (Lipinski definition) is 1. The zero-order chi connectivity index (χ0) is 20.1. The van der Waals surface area contributed by atoms with E-state index in [4.69, 9.17) is 14.2 Å². The Morgan fingerprint density at radius 3 is 2.90 bits per heavy atom. The van der Waals surface area contributed by atoms with Gasteiger partial charge in [-0.25, -0.2) is 0 Å². The van der Waals surface area contributed by atoms with Crippen molar-refractivity contribution in [1.29, 1.82) is 5.26 Å². The zero-order valence-electron chi connectivity index (χ0n) is 16.7. The van der Waals surface area contributed by atoms with Gasteiger partial charge in [0.2, 0.25) is 5.79 Å². The first kappa shape index (κ1) is 19.1. The number of rotatable bonds is 2. The molecule has 1 aromatic rings. The summed E-state index contributed by atoms with van der Waals surface area (Å²) in [5.74, 6) is -0.172. The molecule has 6 heteroatoms. The van der Waals surface area contributed by atoms with Crippen LogP contribution >= 0.6 is 0 Å². The van der Waals surface area contributed by atoms with Gasteiger partial charge in [-0.1, -0.05) is 12.1 Å². The highest BCUT2D eigenvalue weighted by atomic mass is 16.8. The minimum atomic E-state index is -0.914. The Labute approximate surface area is 171 Å². The van der Waals surface area contributed by atoms with Gasteiger partial charge < -0.3 is 19.3 Å². The van der Waals surface area contributed by atoms with Gasteiger partial charge in [-0.05, 0) is 49.4 Å². The quantitative estimate of drug-likeness (QED) is 0.774. The molecule has 1 saturated heterocycles. The molecule has 1 aromatic carbocycles. The van der Waals surface area contributed by atoms with E-state index in [1.165, 1.54) is 5.56 Å². The van der Waals surface area contributed by atoms with Crippen molar-refractivity contribution < 1.29 is 19.3 Å². The number of ether oxygens (including phenoxy) is 3. The van der Waals surface area contributed by atoms with Gasteiger partial charge in [-0.3, -0.25) is 4.90 Å². The third-order valence-corrected chi connectivity index (χ3v) is 7.16. The maximum absolute atomic E-state index is 11.9. The molecule has 1 N–H and O–H groups in total. The van der Waals surface area contributed by atoms with Crippen LogP contribution in [0.1, 0.15) is 42.4 Å². The van der Waals surface area contributed by atoms with Crippen molar-refractivity contribution >= 4 is 0 Å². The van der Waals surface area contributed by atoms with Crippen LogP contribution in [0.4, 0.5) is 0 Å². The lowest BCUT2D eigenvalue weighted by atomic mass is 9.72. The molecule has 0 radical (unpaired) electrons. The highest BCUT2D eigenvalue weighted by Crippen LogP contribution is 2.48. The van der Waals surface area contributed by atoms with E-state index in [1.807, 2.05) is 18.2 Å². The Morgan fingerprint density at radius 1 is 1.31 bits per heavy atom. The van der Waals surface area contributed by atoms with Gasteiger partial charge >= 0.3 is 0 Å². The molecule has 2 fully saturated rings. The van der Waals surface area contributed by atoms with Crippen molar-refractivity contribution in [2.75, 3.05) is 26.3 Å². The summed E-state index contributed by atoms with van der Waals surface area (Å²) in [6, 6.07) is 6.16. The van der Waals surface area contributed by atoms with Gasteiger partial charge in [0, 0.05) is 25.4 Å². The van der Waals surface area contributed by atoms with Gasteiger partial charge in [0.05, 0.1) is 24.4 Å². The first-order chi connectivity index (χ1) is 14.1. The molecule has 154 valence electrons. The van der Waals surface area contributed by atoms with Crippen LogP contribution in [0.25, 0.3) is 0 Å². The van der Waals surface area contributed by atoms with E-state index in [1.54, 1.807) is 0 Å². The Kier molecular flexibility index (Phi) is 4.67. The molecule has 0 amide bonds. The molecule has 0 aromatic heterocycles. The van der Waals surface area contributed by atoms with Crippen LogP contribution in [0, 0.1) is 11.3 Å². The van der Waals surface area contributed by atoms with E-state index in [0.29, 0.717) is 43.8 Å². The van der Waals surface area contributed by atoms with Gasteiger partial charge in [-0.15, -0.1) is 6.58 Å². The second kappa shape index (κ2) is 7.10. The minimum Gasteiger partial charge on any atom is -0.483 e. The van der Waals surface area contributed by atoms with E-state index in [-0.39, 0.29) is 6.04 Å². The molecule has 5 rings (SSSR count). The van der Waals surface area contributed by atoms with Crippen LogP contribution in [-0.2, 0) is 22.3 Å². The standard InChI is InChI=1S/C23H28N2O4/c1-2-9-25-10-3-4-18-16-5-6-17(15-24)21(18)29-20-14-22(26,19(25)13-16)7-8-23(20)27-11-12-28-23/h2,5-6,19-20,26H,1,3-4,7-14H2. The molecule has 6 nitrogen and oxygen atoms in total. The molecule has 6 bridgehead atoms. The van der Waals surface area contributed by atoms with E-state index in [9.17, 15) is 10.4 Å². The zero-order valence-corrected chi connectivity index (χ0v) is 16.7. The smallest absolute Gasteiger partial charge is 0.206 e. The lowest BCUT2D eigenvalue weighted by Gasteiger charge is -2.50. The first-order valence-corrected chi connectivity index (χ1v) is 10.7. The van der Waals surface area contributed by atoms with Gasteiger partial charge in [0.1, 0.15) is 11.8 Å². The summed E-state index contributed by atoms with van der Waals surface area (Å²) >= 11 is 0. The first-order valence-electron chi connectivity index (χ1n) is 10.7. The number of aliphatic hydroxyl groups is 1. The fraction of sp³-hybridized carbons (Fsp3) is 0.609. The molecule has 3 heterocycles. The summed E-state index contributed by atoms with van der Waals surface area (Å²) < 4.78 is 18.7. The SMILES string of the molecule is C=CCN1CCCc2c3ccc(C#N)c2OC2CC(O)(CCC24OCCO4)C1C3. The Morgan fingerprint density at radius 2 is 2.14 bits per heavy atom. The van der Waals surface area contributed by atoms with Crippen LogP contribution in [0.15, 0.2) is 24.8 Å².